The molecule has 0 aliphatic heterocycles. The molecule has 0 aliphatic rings. The van der Waals surface area contributed by atoms with E-state index in [9.17, 15) is 4.79 Å². The molecule has 18 heavy (non-hydrogen) atoms. The van der Waals surface area contributed by atoms with Gasteiger partial charge in [-0.25, -0.2) is 0 Å². The first-order valence-electron chi connectivity index (χ1n) is 5.43. The summed E-state index contributed by atoms with van der Waals surface area (Å²) >= 11 is 5.76. The number of anilines is 1. The van der Waals surface area contributed by atoms with Gasteiger partial charge in [-0.3, -0.25) is 4.79 Å². The van der Waals surface area contributed by atoms with E-state index in [0.29, 0.717) is 29.4 Å². The van der Waals surface area contributed by atoms with E-state index in [2.05, 4.69) is 5.32 Å². The van der Waals surface area contributed by atoms with Crippen LogP contribution in [0.5, 0.6) is 0 Å². The van der Waals surface area contributed by atoms with Gasteiger partial charge in [0.15, 0.2) is 0 Å². The average molecular weight is 273 g/mol. The Kier molecular flexibility index (Phi) is 5.91. The summed E-state index contributed by atoms with van der Waals surface area (Å²) in [5, 5.41) is 3.23. The van der Waals surface area contributed by atoms with Crippen LogP contribution in [0, 0.1) is 0 Å². The minimum atomic E-state index is -0.262. The predicted octanol–water partition coefficient (Wildman–Crippen LogP) is 1.31. The van der Waals surface area contributed by atoms with Gasteiger partial charge >= 0.3 is 0 Å². The van der Waals surface area contributed by atoms with Crippen LogP contribution in [0.25, 0.3) is 0 Å². The zero-order chi connectivity index (χ0) is 13.5. The first-order valence-corrected chi connectivity index (χ1v) is 5.81. The quantitative estimate of drug-likeness (QED) is 0.766. The number of rotatable bonds is 6. The lowest BCUT2D eigenvalue weighted by atomic mass is 10.1. The maximum absolute atomic E-state index is 11.9. The number of carbonyl (C=O) groups is 1. The minimum absolute atomic E-state index is 0.188. The molecule has 6 heteroatoms. The standard InChI is InChI=1S/C12H17ClN2O3/c1-17-7-9(18-2)6-15-12(16)10-4-3-8(13)5-11(10)14/h3-5,9H,6-7,14H2,1-2H3,(H,15,16). The third-order valence-corrected chi connectivity index (χ3v) is 2.67. The second kappa shape index (κ2) is 7.20. The van der Waals surface area contributed by atoms with Crippen LogP contribution in [0.1, 0.15) is 10.4 Å². The second-order valence-electron chi connectivity index (χ2n) is 3.75. The normalized spacial score (nSPS) is 12.2. The molecule has 1 amide bonds. The van der Waals surface area contributed by atoms with Crippen molar-refractivity contribution in [3.05, 3.63) is 28.8 Å². The molecule has 1 unspecified atom stereocenters. The van der Waals surface area contributed by atoms with Crippen LogP contribution in [0.15, 0.2) is 18.2 Å². The van der Waals surface area contributed by atoms with E-state index in [-0.39, 0.29) is 12.0 Å². The molecule has 1 aromatic carbocycles. The summed E-state index contributed by atoms with van der Waals surface area (Å²) in [5.74, 6) is -0.262. The van der Waals surface area contributed by atoms with E-state index in [1.807, 2.05) is 0 Å². The number of carbonyl (C=O) groups excluding carboxylic acids is 1. The van der Waals surface area contributed by atoms with Crippen LogP contribution in [0.2, 0.25) is 5.02 Å². The average Bonchev–Trinajstić information content (AvgIpc) is 2.34. The van der Waals surface area contributed by atoms with Gasteiger partial charge in [0.1, 0.15) is 0 Å². The summed E-state index contributed by atoms with van der Waals surface area (Å²) in [7, 11) is 3.14. The molecule has 0 aromatic heterocycles. The molecule has 3 N–H and O–H groups in total. The number of nitrogen functional groups attached to an aromatic ring is 1. The van der Waals surface area contributed by atoms with Gasteiger partial charge in [-0.2, -0.15) is 0 Å². The van der Waals surface area contributed by atoms with Gasteiger partial charge in [0, 0.05) is 31.5 Å². The zero-order valence-electron chi connectivity index (χ0n) is 10.4. The number of halogens is 1. The largest absolute Gasteiger partial charge is 0.398 e. The Morgan fingerprint density at radius 3 is 2.78 bits per heavy atom. The van der Waals surface area contributed by atoms with Crippen molar-refractivity contribution < 1.29 is 14.3 Å². The maximum atomic E-state index is 11.9. The van der Waals surface area contributed by atoms with Gasteiger partial charge < -0.3 is 20.5 Å². The highest BCUT2D eigenvalue weighted by molar-refractivity contribution is 6.31. The first-order chi connectivity index (χ1) is 8.58. The van der Waals surface area contributed by atoms with Gasteiger partial charge in [0.2, 0.25) is 0 Å². The molecule has 0 spiro atoms. The number of hydrogen-bond donors (Lipinski definition) is 2. The Morgan fingerprint density at radius 1 is 1.50 bits per heavy atom. The van der Waals surface area contributed by atoms with Crippen molar-refractivity contribution in [2.24, 2.45) is 0 Å². The summed E-state index contributed by atoms with van der Waals surface area (Å²) in [5.41, 5.74) is 6.46. The number of methoxy groups -OCH3 is 2. The fourth-order valence-electron chi connectivity index (χ4n) is 1.44. The molecular formula is C12H17ClN2O3. The summed E-state index contributed by atoms with van der Waals surface area (Å²) in [4.78, 5) is 11.9. The Balaban J connectivity index is 2.59. The van der Waals surface area contributed by atoms with Crippen molar-refractivity contribution in [3.8, 4) is 0 Å². The van der Waals surface area contributed by atoms with Crippen molar-refractivity contribution >= 4 is 23.2 Å². The highest BCUT2D eigenvalue weighted by Gasteiger charge is 2.12. The predicted molar refractivity (Wildman–Crippen MR) is 70.9 cm³/mol. The van der Waals surface area contributed by atoms with Crippen LogP contribution >= 0.6 is 11.6 Å². The monoisotopic (exact) mass is 272 g/mol. The maximum Gasteiger partial charge on any atom is 0.253 e. The molecule has 5 nitrogen and oxygen atoms in total. The van der Waals surface area contributed by atoms with Crippen LogP contribution < -0.4 is 11.1 Å². The zero-order valence-corrected chi connectivity index (χ0v) is 11.2. The van der Waals surface area contributed by atoms with Crippen molar-refractivity contribution in [3.63, 3.8) is 0 Å². The van der Waals surface area contributed by atoms with E-state index in [1.165, 1.54) is 0 Å². The van der Waals surface area contributed by atoms with E-state index < -0.39 is 0 Å². The Morgan fingerprint density at radius 2 is 2.22 bits per heavy atom. The summed E-state index contributed by atoms with van der Waals surface area (Å²) in [6.45, 7) is 0.762. The fourth-order valence-corrected chi connectivity index (χ4v) is 1.62. The number of hydrogen-bond acceptors (Lipinski definition) is 4. The summed E-state index contributed by atoms with van der Waals surface area (Å²) < 4.78 is 10.1. The van der Waals surface area contributed by atoms with Crippen molar-refractivity contribution in [1.29, 1.82) is 0 Å². The number of benzene rings is 1. The molecule has 0 heterocycles. The van der Waals surface area contributed by atoms with E-state index in [4.69, 9.17) is 26.8 Å². The van der Waals surface area contributed by atoms with E-state index in [1.54, 1.807) is 32.4 Å². The molecule has 0 saturated carbocycles. The lowest BCUT2D eigenvalue weighted by Crippen LogP contribution is -2.35. The Bertz CT molecular complexity index is 412. The van der Waals surface area contributed by atoms with Gasteiger partial charge in [-0.1, -0.05) is 11.6 Å². The van der Waals surface area contributed by atoms with Gasteiger partial charge in [-0.15, -0.1) is 0 Å². The summed E-state index contributed by atoms with van der Waals surface area (Å²) in [6, 6.07) is 4.75. The smallest absolute Gasteiger partial charge is 0.253 e. The lowest BCUT2D eigenvalue weighted by Gasteiger charge is -2.15. The number of amides is 1. The molecular weight excluding hydrogens is 256 g/mol. The van der Waals surface area contributed by atoms with Crippen molar-refractivity contribution in [1.82, 2.24) is 5.32 Å². The molecule has 1 atom stereocenters. The molecule has 0 fully saturated rings. The molecule has 0 bridgehead atoms. The third kappa shape index (κ3) is 4.18. The van der Waals surface area contributed by atoms with Crippen molar-refractivity contribution in [2.45, 2.75) is 6.10 Å². The molecule has 0 saturated heterocycles. The van der Waals surface area contributed by atoms with Gasteiger partial charge in [-0.05, 0) is 18.2 Å². The van der Waals surface area contributed by atoms with Crippen LogP contribution in [-0.2, 0) is 9.47 Å². The van der Waals surface area contributed by atoms with Gasteiger partial charge in [0.05, 0.1) is 18.3 Å². The fraction of sp³-hybridized carbons (Fsp3) is 0.417. The molecule has 0 aliphatic carbocycles. The Hall–Kier alpha value is -1.30. The summed E-state index contributed by atoms with van der Waals surface area (Å²) in [6.07, 6.45) is -0.188. The molecule has 0 radical (unpaired) electrons. The van der Waals surface area contributed by atoms with Crippen LogP contribution in [0.4, 0.5) is 5.69 Å². The minimum Gasteiger partial charge on any atom is -0.398 e. The molecule has 1 rings (SSSR count). The SMILES string of the molecule is COCC(CNC(=O)c1ccc(Cl)cc1N)OC. The van der Waals surface area contributed by atoms with Crippen LogP contribution in [-0.4, -0.2) is 39.4 Å². The number of ether oxygens (including phenoxy) is 2. The second-order valence-corrected chi connectivity index (χ2v) is 4.19. The Labute approximate surface area is 111 Å². The first kappa shape index (κ1) is 14.8. The topological polar surface area (TPSA) is 73.6 Å². The highest BCUT2D eigenvalue weighted by Crippen LogP contribution is 2.17. The van der Waals surface area contributed by atoms with E-state index >= 15 is 0 Å². The van der Waals surface area contributed by atoms with Crippen molar-refractivity contribution in [2.75, 3.05) is 33.1 Å². The third-order valence-electron chi connectivity index (χ3n) is 2.43. The number of nitrogens with one attached hydrogen (secondary N) is 1. The van der Waals surface area contributed by atoms with E-state index in [0.717, 1.165) is 0 Å². The molecule has 1 aromatic rings. The van der Waals surface area contributed by atoms with Gasteiger partial charge in [0.25, 0.3) is 5.91 Å². The lowest BCUT2D eigenvalue weighted by molar-refractivity contribution is 0.0285. The number of nitrogens with two attached hydrogens (primary N) is 1. The van der Waals surface area contributed by atoms with Crippen LogP contribution in [0.3, 0.4) is 0 Å². The molecule has 100 valence electrons. The highest BCUT2D eigenvalue weighted by atomic mass is 35.5.